The lowest BCUT2D eigenvalue weighted by Crippen LogP contribution is -2.03. The number of aromatic nitrogens is 3. The van der Waals surface area contributed by atoms with Gasteiger partial charge in [0.05, 0.1) is 17.1 Å². The minimum absolute atomic E-state index is 0.689. The summed E-state index contributed by atoms with van der Waals surface area (Å²) in [5.41, 5.74) is 6.13. The van der Waals surface area contributed by atoms with Gasteiger partial charge in [-0.05, 0) is 32.4 Å². The molecule has 0 fully saturated rings. The summed E-state index contributed by atoms with van der Waals surface area (Å²) in [6, 6.07) is 4.13. The number of rotatable bonds is 3. The molecule has 0 bridgehead atoms. The van der Waals surface area contributed by atoms with Gasteiger partial charge in [0.25, 0.3) is 0 Å². The topological polar surface area (TPSA) is 58.6 Å². The highest BCUT2D eigenvalue weighted by Gasteiger charge is 2.12. The number of hydrogen-bond acceptors (Lipinski definition) is 3. The number of nitriles is 1. The van der Waals surface area contributed by atoms with Crippen molar-refractivity contribution < 1.29 is 0 Å². The van der Waals surface area contributed by atoms with Gasteiger partial charge in [0.15, 0.2) is 0 Å². The zero-order chi connectivity index (χ0) is 14.2. The van der Waals surface area contributed by atoms with Gasteiger partial charge in [-0.25, -0.2) is 0 Å². The van der Waals surface area contributed by atoms with Crippen molar-refractivity contribution in [2.45, 2.75) is 27.3 Å². The summed E-state index contributed by atoms with van der Waals surface area (Å²) in [6.45, 7) is 6.77. The summed E-state index contributed by atoms with van der Waals surface area (Å²) < 4.78 is 3.79. The molecule has 2 rings (SSSR count). The van der Waals surface area contributed by atoms with E-state index in [1.807, 2.05) is 50.2 Å². The first kappa shape index (κ1) is 13.2. The average Bonchev–Trinajstić information content (AvgIpc) is 2.78. The second-order valence-corrected chi connectivity index (χ2v) is 4.83. The molecule has 0 radical (unpaired) electrons. The van der Waals surface area contributed by atoms with E-state index in [0.717, 1.165) is 28.3 Å². The van der Waals surface area contributed by atoms with Crippen LogP contribution >= 0.6 is 0 Å². The molecule has 0 aliphatic carbocycles. The van der Waals surface area contributed by atoms with Crippen LogP contribution in [0.25, 0.3) is 0 Å². The zero-order valence-corrected chi connectivity index (χ0v) is 12.1. The fourth-order valence-corrected chi connectivity index (χ4v) is 2.26. The fraction of sp³-hybridized carbons (Fsp3) is 0.429. The number of nitrogens with one attached hydrogen (secondary N) is 1. The Morgan fingerprint density at radius 1 is 1.26 bits per heavy atom. The van der Waals surface area contributed by atoms with E-state index in [0.29, 0.717) is 12.2 Å². The molecule has 2 aromatic heterocycles. The van der Waals surface area contributed by atoms with Crippen molar-refractivity contribution >= 4 is 5.69 Å². The predicted molar refractivity (Wildman–Crippen MR) is 74.9 cm³/mol. The summed E-state index contributed by atoms with van der Waals surface area (Å²) in [6.07, 6.45) is 0. The molecule has 5 nitrogen and oxygen atoms in total. The van der Waals surface area contributed by atoms with Gasteiger partial charge >= 0.3 is 0 Å². The molecule has 0 amide bonds. The number of aryl methyl sites for hydroxylation is 2. The summed E-state index contributed by atoms with van der Waals surface area (Å²) in [5.74, 6) is 0. The van der Waals surface area contributed by atoms with E-state index < -0.39 is 0 Å². The van der Waals surface area contributed by atoms with Crippen LogP contribution in [0.2, 0.25) is 0 Å². The Morgan fingerprint density at radius 2 is 1.95 bits per heavy atom. The molecule has 0 atom stereocenters. The van der Waals surface area contributed by atoms with Crippen LogP contribution in [0.4, 0.5) is 5.69 Å². The quantitative estimate of drug-likeness (QED) is 0.916. The van der Waals surface area contributed by atoms with Crippen molar-refractivity contribution in [3.05, 3.63) is 34.4 Å². The molecule has 1 N–H and O–H groups in total. The minimum atomic E-state index is 0.689. The third kappa shape index (κ3) is 2.22. The molecular formula is C14H19N5. The third-order valence-corrected chi connectivity index (χ3v) is 3.72. The molecule has 0 aromatic carbocycles. The molecule has 19 heavy (non-hydrogen) atoms. The zero-order valence-electron chi connectivity index (χ0n) is 12.1. The van der Waals surface area contributed by atoms with Crippen molar-refractivity contribution in [1.82, 2.24) is 14.3 Å². The van der Waals surface area contributed by atoms with Crippen LogP contribution < -0.4 is 5.32 Å². The van der Waals surface area contributed by atoms with Gasteiger partial charge in [-0.2, -0.15) is 10.4 Å². The second kappa shape index (κ2) is 4.81. The average molecular weight is 257 g/mol. The van der Waals surface area contributed by atoms with E-state index in [1.165, 1.54) is 0 Å². The molecule has 2 aromatic rings. The van der Waals surface area contributed by atoms with Crippen molar-refractivity contribution in [3.63, 3.8) is 0 Å². The largest absolute Gasteiger partial charge is 0.378 e. The first-order chi connectivity index (χ1) is 8.95. The first-order valence-corrected chi connectivity index (χ1v) is 6.25. The first-order valence-electron chi connectivity index (χ1n) is 6.25. The van der Waals surface area contributed by atoms with E-state index >= 15 is 0 Å². The highest BCUT2D eigenvalue weighted by molar-refractivity contribution is 5.52. The van der Waals surface area contributed by atoms with Crippen LogP contribution in [-0.4, -0.2) is 14.3 Å². The van der Waals surface area contributed by atoms with Crippen LogP contribution in [-0.2, 0) is 20.6 Å². The van der Waals surface area contributed by atoms with Gasteiger partial charge < -0.3 is 9.88 Å². The Bertz CT molecular complexity index is 654. The predicted octanol–water partition coefficient (Wildman–Crippen LogP) is 2.17. The number of anilines is 1. The SMILES string of the molecule is Cc1nn(C)c(C)c1NCc1cc(C#N)n(C)c1C. The normalized spacial score (nSPS) is 10.5. The summed E-state index contributed by atoms with van der Waals surface area (Å²) >= 11 is 0. The maximum Gasteiger partial charge on any atom is 0.120 e. The molecule has 0 saturated heterocycles. The molecule has 0 unspecified atom stereocenters. The van der Waals surface area contributed by atoms with Crippen LogP contribution in [0.3, 0.4) is 0 Å². The van der Waals surface area contributed by atoms with Crippen LogP contribution in [0.1, 0.15) is 28.3 Å². The third-order valence-electron chi connectivity index (χ3n) is 3.72. The van der Waals surface area contributed by atoms with Gasteiger partial charge in [-0.15, -0.1) is 0 Å². The standard InChI is InChI=1S/C14H19N5/c1-9-14(11(3)19(5)17-9)16-8-12-6-13(7-15)18(4)10(12)2/h6,16H,8H2,1-5H3. The van der Waals surface area contributed by atoms with Gasteiger partial charge in [0.2, 0.25) is 0 Å². The van der Waals surface area contributed by atoms with E-state index in [-0.39, 0.29) is 0 Å². The van der Waals surface area contributed by atoms with Crippen LogP contribution in [0.5, 0.6) is 0 Å². The summed E-state index contributed by atoms with van der Waals surface area (Å²) in [5, 5.41) is 16.8. The monoisotopic (exact) mass is 257 g/mol. The Kier molecular flexibility index (Phi) is 3.34. The molecule has 5 heteroatoms. The van der Waals surface area contributed by atoms with E-state index in [2.05, 4.69) is 16.5 Å². The molecule has 0 spiro atoms. The van der Waals surface area contributed by atoms with Crippen LogP contribution in [0.15, 0.2) is 6.07 Å². The van der Waals surface area contributed by atoms with Crippen molar-refractivity contribution in [2.75, 3.05) is 5.32 Å². The molecule has 2 heterocycles. The van der Waals surface area contributed by atoms with Gasteiger partial charge in [0, 0.05) is 26.3 Å². The smallest absolute Gasteiger partial charge is 0.120 e. The second-order valence-electron chi connectivity index (χ2n) is 4.83. The lowest BCUT2D eigenvalue weighted by molar-refractivity contribution is 0.731. The molecule has 100 valence electrons. The lowest BCUT2D eigenvalue weighted by Gasteiger charge is -2.07. The molecule has 0 aliphatic heterocycles. The summed E-state index contributed by atoms with van der Waals surface area (Å²) in [4.78, 5) is 0. The van der Waals surface area contributed by atoms with E-state index in [4.69, 9.17) is 5.26 Å². The van der Waals surface area contributed by atoms with E-state index in [1.54, 1.807) is 0 Å². The van der Waals surface area contributed by atoms with Gasteiger partial charge in [-0.3, -0.25) is 4.68 Å². The highest BCUT2D eigenvalue weighted by atomic mass is 15.3. The fourth-order valence-electron chi connectivity index (χ4n) is 2.26. The van der Waals surface area contributed by atoms with Crippen molar-refractivity contribution in [1.29, 1.82) is 5.26 Å². The maximum atomic E-state index is 9.03. The van der Waals surface area contributed by atoms with Crippen molar-refractivity contribution in [2.24, 2.45) is 14.1 Å². The van der Waals surface area contributed by atoms with Crippen LogP contribution in [0, 0.1) is 32.1 Å². The van der Waals surface area contributed by atoms with Gasteiger partial charge in [-0.1, -0.05) is 0 Å². The molecular weight excluding hydrogens is 238 g/mol. The lowest BCUT2D eigenvalue weighted by atomic mass is 10.2. The summed E-state index contributed by atoms with van der Waals surface area (Å²) in [7, 11) is 3.85. The number of nitrogens with zero attached hydrogens (tertiary/aromatic N) is 4. The van der Waals surface area contributed by atoms with Crippen molar-refractivity contribution in [3.8, 4) is 6.07 Å². The Labute approximate surface area is 113 Å². The Morgan fingerprint density at radius 3 is 2.42 bits per heavy atom. The highest BCUT2D eigenvalue weighted by Crippen LogP contribution is 2.21. The Balaban J connectivity index is 2.22. The Hall–Kier alpha value is -2.22. The molecule has 0 saturated carbocycles. The maximum absolute atomic E-state index is 9.03. The van der Waals surface area contributed by atoms with E-state index in [9.17, 15) is 0 Å². The van der Waals surface area contributed by atoms with Gasteiger partial charge in [0.1, 0.15) is 11.8 Å². The molecule has 0 aliphatic rings. The number of hydrogen-bond donors (Lipinski definition) is 1. The minimum Gasteiger partial charge on any atom is -0.378 e.